The molecule has 0 aliphatic heterocycles. The smallest absolute Gasteiger partial charge is 0.408 e. The van der Waals surface area contributed by atoms with Gasteiger partial charge in [-0.25, -0.2) is 24.0 Å². The Hall–Kier alpha value is -14.2. The van der Waals surface area contributed by atoms with Crippen molar-refractivity contribution in [2.45, 2.75) is 323 Å². The van der Waals surface area contributed by atoms with Gasteiger partial charge in [-0.2, -0.15) is 0 Å². The number of nitrogens with two attached hydrogens (primary N) is 1. The van der Waals surface area contributed by atoms with E-state index in [0.717, 1.165) is 12.1 Å². The second kappa shape index (κ2) is 58.1. The third-order valence-corrected chi connectivity index (χ3v) is 19.1. The molecule has 20 N–H and O–H groups in total. The van der Waals surface area contributed by atoms with E-state index in [9.17, 15) is 101 Å². The van der Waals surface area contributed by atoms with Crippen LogP contribution in [0.25, 0.3) is 0 Å². The Morgan fingerprint density at radius 3 is 1.08 bits per heavy atom. The van der Waals surface area contributed by atoms with Crippen LogP contribution in [0.5, 0.6) is 11.5 Å². The van der Waals surface area contributed by atoms with E-state index in [0.29, 0.717) is 5.56 Å². The highest BCUT2D eigenvalue weighted by atomic mass is 16.6. The van der Waals surface area contributed by atoms with Gasteiger partial charge in [0.25, 0.3) is 23.6 Å². The highest BCUT2D eigenvalue weighted by molar-refractivity contribution is 6.40. The Morgan fingerprint density at radius 1 is 0.331 bits per heavy atom. The van der Waals surface area contributed by atoms with Crippen LogP contribution in [0.15, 0.2) is 66.7 Å². The molecule has 0 fully saturated rings. The molecule has 0 bridgehead atoms. The molecule has 3 rings (SSSR count). The maximum absolute atomic E-state index is 14.7. The Bertz CT molecular complexity index is 4840. The second-order valence-corrected chi connectivity index (χ2v) is 39.5. The van der Waals surface area contributed by atoms with Crippen LogP contribution >= 0.6 is 0 Å². The first-order valence-electron chi connectivity index (χ1n) is 46.6. The largest absolute Gasteiger partial charge is 0.496 e. The van der Waals surface area contributed by atoms with Crippen molar-refractivity contribution < 1.29 is 139 Å². The number of anilines is 2. The number of benzene rings is 3. The van der Waals surface area contributed by atoms with Crippen LogP contribution in [0.1, 0.15) is 261 Å². The number of methoxy groups -OCH3 is 2. The number of nitrogens with one attached hydrogen (secondary N) is 17. The van der Waals surface area contributed by atoms with E-state index in [4.69, 9.17) is 43.6 Å². The maximum Gasteiger partial charge on any atom is 0.408 e. The quantitative estimate of drug-likeness (QED) is 0.0114. The third kappa shape index (κ3) is 51.1. The number of carboxylic acids is 1. The fraction of sp³-hybridized carbons (Fsp3) is 0.600. The molecule has 0 saturated carbocycles. The lowest BCUT2D eigenvalue weighted by atomic mass is 10.0. The lowest BCUT2D eigenvalue weighted by molar-refractivity contribution is -0.156. The summed E-state index contributed by atoms with van der Waals surface area (Å²) in [4.78, 5) is 271. The van der Waals surface area contributed by atoms with Crippen molar-refractivity contribution in [3.8, 4) is 11.5 Å². The predicted octanol–water partition coefficient (Wildman–Crippen LogP) is 5.14. The van der Waals surface area contributed by atoms with Gasteiger partial charge in [0.1, 0.15) is 87.4 Å². The molecule has 0 saturated heterocycles. The summed E-state index contributed by atoms with van der Waals surface area (Å²) in [5.74, 6) is -17.3. The van der Waals surface area contributed by atoms with E-state index >= 15 is 0 Å². The van der Waals surface area contributed by atoms with Crippen molar-refractivity contribution in [1.82, 2.24) is 80.2 Å². The number of carboxylic acid groups (broad SMARTS) is 1. The first-order valence-corrected chi connectivity index (χ1v) is 46.6. The molecule has 142 heavy (non-hydrogen) atoms. The zero-order chi connectivity index (χ0) is 107. The van der Waals surface area contributed by atoms with Gasteiger partial charge in [0.15, 0.2) is 0 Å². The fourth-order valence-corrected chi connectivity index (χ4v) is 12.8. The predicted molar refractivity (Wildman–Crippen MR) is 516 cm³/mol. The van der Waals surface area contributed by atoms with E-state index in [1.54, 1.807) is 148 Å². The lowest BCUT2D eigenvalue weighted by Crippen LogP contribution is -2.56. The SMILES string of the molecule is COc1ccc(NC(=O)C(=O)N[C@@H](CCCCNC(=O)OC(C)(C)C)C(=O)NCCC[C@H](NC(=O)OC(C)(C)C)C(=O)O)cc1C(=O)NNC(=O)[C@H](CCC(=O)OC(C)(C)C)NC(=O)[C@H](CCCNC(=O)[C@H](CCCCNC(=O)OC(C)(C)C)NC(=O)[C@H](CC(C)C)NC(=O)C(=O)Nc1ccc(OC)c(C(=O)NNC(=O)[C@H](Cc2ccccc2)NC(=O)[C@@H](N)CCC(=O)OC(C)(C)C)c1)NC(=O)OC(C)(C)C. The first kappa shape index (κ1) is 122. The molecule has 3 aromatic carbocycles. The van der Waals surface area contributed by atoms with Crippen molar-refractivity contribution in [3.63, 3.8) is 0 Å². The number of alkyl carbamates (subject to hydrolysis) is 4. The Labute approximate surface area is 826 Å². The molecular formula is C95H146N18O29. The van der Waals surface area contributed by atoms with Crippen LogP contribution in [0.2, 0.25) is 0 Å². The van der Waals surface area contributed by atoms with E-state index < -0.39 is 214 Å². The van der Waals surface area contributed by atoms with Crippen LogP contribution in [0.3, 0.4) is 0 Å². The van der Waals surface area contributed by atoms with Gasteiger partial charge in [-0.3, -0.25) is 93.6 Å². The average Bonchev–Trinajstić information content (AvgIpc) is 0.831. The summed E-state index contributed by atoms with van der Waals surface area (Å²) < 4.78 is 42.9. The molecule has 0 unspecified atom stereocenters. The molecule has 0 aromatic heterocycles. The third-order valence-electron chi connectivity index (χ3n) is 19.1. The van der Waals surface area contributed by atoms with Gasteiger partial charge in [0.2, 0.25) is 29.5 Å². The molecule has 0 aliphatic rings. The standard InChI is InChI=1S/C95H146N18O29/c1-54(2)50-66(107-84(128)82(126)102-57-39-43-69(136-22)59(53-57)73(117)111-113-80(124)67(51-55-32-24-23-25-33-55)106-74(118)60(96)40-44-70(114)137-90(3,4)5)78(122)103-61(34-26-28-46-99-86(131)139-92(9,10)11)75(119)97-48-30-36-63(108-88(133)141-94(15,16)17)77(121)104-64(41-45-71(115)138-91(6,7)8)79(123)112-110-72(116)58-52-56(38-42-68(58)135-21)101-81(125)83(127)105-62(35-27-29-47-100-87(132)140-93(12,13)14)76(120)98-49-31-37-65(85(129)130)109-89(134)142-95(18,19)20/h23-25,32-33,38-39,42-43,52-54,60-67H,26-31,34-37,40-41,44-51,96H2,1-22H3,(H,97,119)(H,98,120)(H,99,131)(H,100,132)(H,101,125)(H,102,126)(H,103,122)(H,104,121)(H,105,127)(H,106,118)(H,107,128)(H,108,133)(H,109,134)(H,110,116)(H,111,117)(H,112,123)(H,113,124)(H,129,130)/t60-,61-,62-,63-,64-,65-,66-,67-/m0/s1. The molecule has 47 heteroatoms. The van der Waals surface area contributed by atoms with Crippen LogP contribution in [-0.2, 0) is 102 Å². The van der Waals surface area contributed by atoms with Gasteiger partial charge in [-0.1, -0.05) is 44.2 Å². The average molecular weight is 2000 g/mol. The van der Waals surface area contributed by atoms with E-state index in [-0.39, 0.29) is 156 Å². The van der Waals surface area contributed by atoms with Crippen LogP contribution < -0.4 is 106 Å². The van der Waals surface area contributed by atoms with Crippen molar-refractivity contribution in [2.24, 2.45) is 11.7 Å². The topological polar surface area (TPSA) is 666 Å². The number of hydrogen-bond donors (Lipinski definition) is 19. The number of ether oxygens (including phenoxy) is 8. The van der Waals surface area contributed by atoms with Crippen LogP contribution in [0, 0.1) is 5.92 Å². The normalized spacial score (nSPS) is 13.2. The van der Waals surface area contributed by atoms with Gasteiger partial charge in [-0.05, 0) is 256 Å². The number of hydrazine groups is 2. The summed E-state index contributed by atoms with van der Waals surface area (Å²) in [7, 11) is 2.41. The summed E-state index contributed by atoms with van der Waals surface area (Å²) in [6, 6.07) is 4.04. The number of carbonyl (C=O) groups is 20. The number of hydrogen-bond acceptors (Lipinski definition) is 29. The second-order valence-electron chi connectivity index (χ2n) is 39.5. The summed E-state index contributed by atoms with van der Waals surface area (Å²) in [6.07, 6.45) is -5.11. The molecule has 8 atom stereocenters. The summed E-state index contributed by atoms with van der Waals surface area (Å²) in [5.41, 5.74) is 9.09. The minimum absolute atomic E-state index is 0.00457. The van der Waals surface area contributed by atoms with Gasteiger partial charge in [0.05, 0.1) is 31.4 Å². The molecule has 47 nitrogen and oxygen atoms in total. The molecule has 0 spiro atoms. The van der Waals surface area contributed by atoms with Crippen LogP contribution in [0.4, 0.5) is 30.6 Å². The molecule has 3 aromatic rings. The number of esters is 2. The van der Waals surface area contributed by atoms with Crippen molar-refractivity contribution >= 4 is 130 Å². The molecule has 17 amide bonds. The molecule has 0 aliphatic carbocycles. The highest BCUT2D eigenvalue weighted by Gasteiger charge is 2.36. The molecule has 790 valence electrons. The molecular weight excluding hydrogens is 1860 g/mol. The van der Waals surface area contributed by atoms with Gasteiger partial charge in [-0.15, -0.1) is 0 Å². The molecule has 0 radical (unpaired) electrons. The van der Waals surface area contributed by atoms with E-state index in [2.05, 4.69) is 90.8 Å². The van der Waals surface area contributed by atoms with Crippen molar-refractivity contribution in [2.75, 3.05) is 51.0 Å². The zero-order valence-electron chi connectivity index (χ0n) is 85.1. The number of carbonyl (C=O) groups excluding carboxylic acids is 19. The minimum Gasteiger partial charge on any atom is -0.496 e. The Balaban J connectivity index is 1.91. The van der Waals surface area contributed by atoms with E-state index in [1.165, 1.54) is 59.3 Å². The number of unbranched alkanes of at least 4 members (excludes halogenated alkanes) is 2. The maximum atomic E-state index is 14.7. The van der Waals surface area contributed by atoms with E-state index in [1.807, 2.05) is 0 Å². The summed E-state index contributed by atoms with van der Waals surface area (Å²) in [5, 5.41) is 42.2. The van der Waals surface area contributed by atoms with Crippen molar-refractivity contribution in [1.29, 1.82) is 0 Å². The summed E-state index contributed by atoms with van der Waals surface area (Å²) >= 11 is 0. The Kier molecular flexibility index (Phi) is 49.9. The summed E-state index contributed by atoms with van der Waals surface area (Å²) in [6.45, 7) is 32.2. The molecule has 0 heterocycles. The Morgan fingerprint density at radius 2 is 0.676 bits per heavy atom. The van der Waals surface area contributed by atoms with Gasteiger partial charge >= 0.3 is 65.9 Å². The number of aliphatic carboxylic acids is 1. The first-order chi connectivity index (χ1) is 65.9. The van der Waals surface area contributed by atoms with Gasteiger partial charge < -0.3 is 118 Å². The van der Waals surface area contributed by atoms with Crippen LogP contribution in [-0.4, -0.2) is 247 Å². The van der Waals surface area contributed by atoms with Crippen molar-refractivity contribution in [3.05, 3.63) is 83.4 Å². The monoisotopic (exact) mass is 2000 g/mol. The van der Waals surface area contributed by atoms with Gasteiger partial charge in [0, 0.05) is 56.8 Å². The number of rotatable bonds is 49. The highest BCUT2D eigenvalue weighted by Crippen LogP contribution is 2.26. The zero-order valence-corrected chi connectivity index (χ0v) is 85.1. The lowest BCUT2D eigenvalue weighted by Gasteiger charge is -2.26. The minimum atomic E-state index is -1.74. The number of amides is 17. The fourth-order valence-electron chi connectivity index (χ4n) is 12.8.